The number of aliphatic hydroxyl groups excluding tert-OH is 1. The minimum atomic E-state index is -0.524. The van der Waals surface area contributed by atoms with E-state index in [1.807, 2.05) is 44.4 Å². The highest BCUT2D eigenvalue weighted by atomic mass is 16.3. The summed E-state index contributed by atoms with van der Waals surface area (Å²) >= 11 is 0. The Morgan fingerprint density at radius 1 is 1.13 bits per heavy atom. The van der Waals surface area contributed by atoms with Crippen LogP contribution in [0.15, 0.2) is 55.0 Å². The van der Waals surface area contributed by atoms with Crippen molar-refractivity contribution in [3.63, 3.8) is 0 Å². The zero-order valence-electron chi connectivity index (χ0n) is 17.6. The molecule has 0 aliphatic carbocycles. The Kier molecular flexibility index (Phi) is 5.64. The van der Waals surface area contributed by atoms with Gasteiger partial charge in [0.1, 0.15) is 17.3 Å². The van der Waals surface area contributed by atoms with Crippen LogP contribution >= 0.6 is 0 Å². The molecule has 0 unspecified atom stereocenters. The lowest BCUT2D eigenvalue weighted by Gasteiger charge is -2.12. The Balaban J connectivity index is 1.86. The third-order valence-corrected chi connectivity index (χ3v) is 4.66. The minimum absolute atomic E-state index is 0.185. The van der Waals surface area contributed by atoms with E-state index in [9.17, 15) is 10.2 Å². The zero-order valence-corrected chi connectivity index (χ0v) is 17.6. The van der Waals surface area contributed by atoms with Crippen molar-refractivity contribution < 1.29 is 10.2 Å². The number of pyridine rings is 1. The van der Waals surface area contributed by atoms with Crippen LogP contribution in [0.3, 0.4) is 0 Å². The van der Waals surface area contributed by atoms with Crippen molar-refractivity contribution in [2.45, 2.75) is 20.0 Å². The number of benzene rings is 1. The second kappa shape index (κ2) is 8.53. The summed E-state index contributed by atoms with van der Waals surface area (Å²) in [4.78, 5) is 13.5. The van der Waals surface area contributed by atoms with Gasteiger partial charge in [-0.05, 0) is 49.7 Å². The lowest BCUT2D eigenvalue weighted by molar-refractivity contribution is 0.208. The van der Waals surface area contributed by atoms with Gasteiger partial charge in [-0.25, -0.2) is 9.97 Å². The molecule has 8 heteroatoms. The van der Waals surface area contributed by atoms with Crippen LogP contribution in [-0.2, 0) is 7.05 Å². The van der Waals surface area contributed by atoms with Gasteiger partial charge in [-0.3, -0.25) is 9.67 Å². The number of hydrogen-bond donors (Lipinski definition) is 3. The van der Waals surface area contributed by atoms with Gasteiger partial charge in [-0.15, -0.1) is 0 Å². The molecule has 4 rings (SSSR count). The third kappa shape index (κ3) is 4.70. The molecule has 3 N–H and O–H groups in total. The first-order valence-electron chi connectivity index (χ1n) is 9.95. The van der Waals surface area contributed by atoms with Gasteiger partial charge in [0, 0.05) is 54.9 Å². The average Bonchev–Trinajstić information content (AvgIpc) is 3.14. The first-order chi connectivity index (χ1) is 14.9. The van der Waals surface area contributed by atoms with Crippen molar-refractivity contribution in [2.75, 3.05) is 11.9 Å². The summed E-state index contributed by atoms with van der Waals surface area (Å²) < 4.78 is 1.72. The molecular weight excluding hydrogens is 392 g/mol. The van der Waals surface area contributed by atoms with E-state index in [2.05, 4.69) is 20.4 Å². The molecule has 4 aromatic rings. The van der Waals surface area contributed by atoms with E-state index in [0.717, 1.165) is 22.3 Å². The fourth-order valence-corrected chi connectivity index (χ4v) is 3.34. The maximum atomic E-state index is 10.1. The molecule has 0 saturated heterocycles. The van der Waals surface area contributed by atoms with Gasteiger partial charge < -0.3 is 15.5 Å². The van der Waals surface area contributed by atoms with E-state index in [4.69, 9.17) is 4.98 Å². The Morgan fingerprint density at radius 2 is 1.97 bits per heavy atom. The van der Waals surface area contributed by atoms with Gasteiger partial charge >= 0.3 is 0 Å². The van der Waals surface area contributed by atoms with Crippen molar-refractivity contribution in [1.29, 1.82) is 0 Å². The van der Waals surface area contributed by atoms with Crippen molar-refractivity contribution in [1.82, 2.24) is 24.7 Å². The summed E-state index contributed by atoms with van der Waals surface area (Å²) in [7, 11) is 1.85. The molecule has 158 valence electrons. The summed E-state index contributed by atoms with van der Waals surface area (Å²) in [6.07, 6.45) is 4.77. The number of aromatic hydroxyl groups is 1. The average molecular weight is 416 g/mol. The van der Waals surface area contributed by atoms with Crippen LogP contribution in [0, 0.1) is 6.92 Å². The molecule has 0 fully saturated rings. The molecule has 0 radical (unpaired) electrons. The molecule has 0 aliphatic rings. The predicted molar refractivity (Wildman–Crippen MR) is 119 cm³/mol. The Bertz CT molecular complexity index is 1180. The number of nitrogens with zero attached hydrogens (tertiary/aromatic N) is 5. The maximum absolute atomic E-state index is 10.1. The molecule has 0 amide bonds. The highest BCUT2D eigenvalue weighted by molar-refractivity contribution is 5.81. The number of nitrogens with one attached hydrogen (secondary N) is 1. The molecule has 8 nitrogen and oxygen atoms in total. The Labute approximate surface area is 180 Å². The first-order valence-corrected chi connectivity index (χ1v) is 9.95. The van der Waals surface area contributed by atoms with Crippen molar-refractivity contribution in [2.24, 2.45) is 7.05 Å². The fraction of sp³-hybridized carbons (Fsp3) is 0.217. The number of hydrogen-bond acceptors (Lipinski definition) is 7. The van der Waals surface area contributed by atoms with E-state index in [1.165, 1.54) is 0 Å². The highest BCUT2D eigenvalue weighted by Gasteiger charge is 2.17. The number of rotatable bonds is 6. The lowest BCUT2D eigenvalue weighted by atomic mass is 10.0. The number of phenols is 1. The summed E-state index contributed by atoms with van der Waals surface area (Å²) in [6.45, 7) is 3.99. The van der Waals surface area contributed by atoms with Gasteiger partial charge in [0.15, 0.2) is 5.82 Å². The molecule has 3 aromatic heterocycles. The van der Waals surface area contributed by atoms with Crippen LogP contribution in [0.4, 0.5) is 5.82 Å². The fourth-order valence-electron chi connectivity index (χ4n) is 3.34. The van der Waals surface area contributed by atoms with E-state index in [1.54, 1.807) is 36.1 Å². The molecule has 0 bridgehead atoms. The number of aliphatic hydroxyl groups is 1. The second-order valence-electron chi connectivity index (χ2n) is 7.56. The van der Waals surface area contributed by atoms with Crippen LogP contribution in [0.2, 0.25) is 0 Å². The third-order valence-electron chi connectivity index (χ3n) is 4.66. The van der Waals surface area contributed by atoms with Gasteiger partial charge in [0.2, 0.25) is 0 Å². The van der Waals surface area contributed by atoms with E-state index in [-0.39, 0.29) is 5.75 Å². The highest BCUT2D eigenvalue weighted by Crippen LogP contribution is 2.34. The Morgan fingerprint density at radius 3 is 2.68 bits per heavy atom. The van der Waals surface area contributed by atoms with Crippen molar-refractivity contribution in [3.8, 4) is 39.7 Å². The predicted octanol–water partition coefficient (Wildman–Crippen LogP) is 3.41. The molecule has 1 aromatic carbocycles. The van der Waals surface area contributed by atoms with Gasteiger partial charge in [-0.1, -0.05) is 0 Å². The normalized spacial score (nSPS) is 12.0. The number of aromatic nitrogens is 5. The minimum Gasteiger partial charge on any atom is -0.508 e. The standard InChI is InChI=1S/C23H24N6O2/c1-14-7-17(9-18(31)8-14)22-19(13-29(3)28-22)20-10-21(25-11-15(2)30)27-23(26-20)16-5-4-6-24-12-16/h4-10,12-13,15,30-31H,11H2,1-3H3,(H,25,26,27)/t15-/m1/s1. The molecular formula is C23H24N6O2. The van der Waals surface area contributed by atoms with Crippen LogP contribution in [0.25, 0.3) is 33.9 Å². The van der Waals surface area contributed by atoms with Gasteiger partial charge in [0.25, 0.3) is 0 Å². The SMILES string of the molecule is Cc1cc(O)cc(-c2nn(C)cc2-c2cc(NC[C@@H](C)O)nc(-c3cccnc3)n2)c1. The van der Waals surface area contributed by atoms with Gasteiger partial charge in [0.05, 0.1) is 11.8 Å². The molecule has 1 atom stereocenters. The number of anilines is 1. The van der Waals surface area contributed by atoms with Crippen LogP contribution in [-0.4, -0.2) is 47.6 Å². The smallest absolute Gasteiger partial charge is 0.163 e. The lowest BCUT2D eigenvalue weighted by Crippen LogP contribution is -2.16. The number of aryl methyl sites for hydroxylation is 2. The molecule has 0 aliphatic heterocycles. The van der Waals surface area contributed by atoms with E-state index < -0.39 is 6.10 Å². The van der Waals surface area contributed by atoms with Crippen LogP contribution in [0.5, 0.6) is 5.75 Å². The van der Waals surface area contributed by atoms with Crippen molar-refractivity contribution in [3.05, 3.63) is 60.6 Å². The number of phenolic OH excluding ortho intramolecular Hbond substituents is 1. The first kappa shape index (κ1) is 20.5. The van der Waals surface area contributed by atoms with Crippen LogP contribution < -0.4 is 5.32 Å². The summed E-state index contributed by atoms with van der Waals surface area (Å²) in [5.74, 6) is 1.29. The second-order valence-corrected chi connectivity index (χ2v) is 7.56. The molecule has 0 saturated carbocycles. The molecule has 0 spiro atoms. The Hall–Kier alpha value is -3.78. The molecule has 31 heavy (non-hydrogen) atoms. The maximum Gasteiger partial charge on any atom is 0.163 e. The van der Waals surface area contributed by atoms with E-state index in [0.29, 0.717) is 29.6 Å². The zero-order chi connectivity index (χ0) is 22.0. The molecule has 3 heterocycles. The summed E-state index contributed by atoms with van der Waals surface area (Å²) in [5.41, 5.74) is 4.70. The summed E-state index contributed by atoms with van der Waals surface area (Å²) in [5, 5.41) is 27.5. The van der Waals surface area contributed by atoms with E-state index >= 15 is 0 Å². The largest absolute Gasteiger partial charge is 0.508 e. The topological polar surface area (TPSA) is 109 Å². The quantitative estimate of drug-likeness (QED) is 0.442. The van der Waals surface area contributed by atoms with Gasteiger partial charge in [-0.2, -0.15) is 5.10 Å². The monoisotopic (exact) mass is 416 g/mol. The van der Waals surface area contributed by atoms with Crippen LogP contribution in [0.1, 0.15) is 12.5 Å². The van der Waals surface area contributed by atoms with Crippen molar-refractivity contribution >= 4 is 5.82 Å². The summed E-state index contributed by atoms with van der Waals surface area (Å²) in [6, 6.07) is 10.9.